The first kappa shape index (κ1) is 29.9. The van der Waals surface area contributed by atoms with E-state index in [1.807, 2.05) is 72.5 Å². The Labute approximate surface area is 247 Å². The molecule has 1 unspecified atom stereocenters. The number of rotatable bonds is 14. The van der Waals surface area contributed by atoms with Gasteiger partial charge < -0.3 is 24.4 Å². The molecule has 2 amide bonds. The van der Waals surface area contributed by atoms with Crippen LogP contribution in [0, 0.1) is 0 Å². The second-order valence-electron chi connectivity index (χ2n) is 9.78. The van der Waals surface area contributed by atoms with Crippen molar-refractivity contribution >= 4 is 34.8 Å². The van der Waals surface area contributed by atoms with Crippen LogP contribution in [0.25, 0.3) is 0 Å². The van der Waals surface area contributed by atoms with Crippen LogP contribution in [0.2, 0.25) is 0 Å². The van der Waals surface area contributed by atoms with Gasteiger partial charge in [-0.05, 0) is 79.0 Å². The van der Waals surface area contributed by atoms with Gasteiger partial charge in [0.05, 0.1) is 27.2 Å². The molecule has 1 saturated heterocycles. The average molecular weight is 576 g/mol. The van der Waals surface area contributed by atoms with Gasteiger partial charge in [-0.3, -0.25) is 14.5 Å². The van der Waals surface area contributed by atoms with Crippen molar-refractivity contribution in [2.45, 2.75) is 38.6 Å². The summed E-state index contributed by atoms with van der Waals surface area (Å²) < 4.78 is 16.4. The second-order valence-corrected chi connectivity index (χ2v) is 10.1. The summed E-state index contributed by atoms with van der Waals surface area (Å²) in [5.74, 6) is 1.62. The Morgan fingerprint density at radius 1 is 0.902 bits per heavy atom. The van der Waals surface area contributed by atoms with Crippen molar-refractivity contribution in [2.75, 3.05) is 39.2 Å². The summed E-state index contributed by atoms with van der Waals surface area (Å²) in [7, 11) is 3.20. The SMILES string of the molecule is CCCOc1ccc(NC(=O)CC2C(=O)N(CCc3ccccc3)C(=S)N2CCc2ccc(OC)c(OC)c2)cc1. The van der Waals surface area contributed by atoms with Gasteiger partial charge in [-0.2, -0.15) is 0 Å². The van der Waals surface area contributed by atoms with Crippen molar-refractivity contribution in [1.82, 2.24) is 9.80 Å². The highest BCUT2D eigenvalue weighted by Crippen LogP contribution is 2.29. The highest BCUT2D eigenvalue weighted by Gasteiger charge is 2.42. The van der Waals surface area contributed by atoms with Crippen molar-refractivity contribution < 1.29 is 23.8 Å². The lowest BCUT2D eigenvalue weighted by Gasteiger charge is -2.24. The number of nitrogens with zero attached hydrogens (tertiary/aromatic N) is 2. The Morgan fingerprint density at radius 2 is 1.61 bits per heavy atom. The number of hydrogen-bond acceptors (Lipinski definition) is 6. The van der Waals surface area contributed by atoms with Gasteiger partial charge in [0.25, 0.3) is 5.91 Å². The van der Waals surface area contributed by atoms with E-state index in [0.29, 0.717) is 54.8 Å². The van der Waals surface area contributed by atoms with Crippen molar-refractivity contribution in [1.29, 1.82) is 0 Å². The molecule has 1 heterocycles. The summed E-state index contributed by atoms with van der Waals surface area (Å²) in [5, 5.41) is 3.36. The molecule has 1 N–H and O–H groups in total. The Balaban J connectivity index is 1.47. The molecule has 0 aliphatic carbocycles. The Kier molecular flexibility index (Phi) is 10.6. The van der Waals surface area contributed by atoms with Gasteiger partial charge in [-0.15, -0.1) is 0 Å². The number of hydrogen-bond donors (Lipinski definition) is 1. The number of anilines is 1. The molecule has 41 heavy (non-hydrogen) atoms. The maximum absolute atomic E-state index is 13.6. The van der Waals surface area contributed by atoms with Crippen molar-refractivity contribution in [2.24, 2.45) is 0 Å². The molecule has 0 aromatic heterocycles. The number of benzene rings is 3. The molecule has 3 aromatic carbocycles. The molecular formula is C32H37N3O5S. The van der Waals surface area contributed by atoms with Crippen LogP contribution < -0.4 is 19.5 Å². The third-order valence-electron chi connectivity index (χ3n) is 6.95. The van der Waals surface area contributed by atoms with E-state index in [-0.39, 0.29) is 18.2 Å². The van der Waals surface area contributed by atoms with E-state index in [2.05, 4.69) is 5.32 Å². The highest BCUT2D eigenvalue weighted by atomic mass is 32.1. The number of carbonyl (C=O) groups is 2. The molecule has 0 spiro atoms. The van der Waals surface area contributed by atoms with E-state index < -0.39 is 6.04 Å². The van der Waals surface area contributed by atoms with E-state index in [1.54, 1.807) is 31.3 Å². The summed E-state index contributed by atoms with van der Waals surface area (Å²) in [6, 6.07) is 22.3. The molecule has 216 valence electrons. The number of carbonyl (C=O) groups excluding carboxylic acids is 2. The first-order valence-corrected chi connectivity index (χ1v) is 14.2. The Hall–Kier alpha value is -4.11. The highest BCUT2D eigenvalue weighted by molar-refractivity contribution is 7.80. The van der Waals surface area contributed by atoms with E-state index in [1.165, 1.54) is 0 Å². The maximum Gasteiger partial charge on any atom is 0.252 e. The van der Waals surface area contributed by atoms with Gasteiger partial charge in [0.1, 0.15) is 11.8 Å². The largest absolute Gasteiger partial charge is 0.494 e. The van der Waals surface area contributed by atoms with E-state index in [9.17, 15) is 9.59 Å². The molecule has 1 aliphatic heterocycles. The number of thiocarbonyl (C=S) groups is 1. The van der Waals surface area contributed by atoms with Crippen molar-refractivity contribution in [3.8, 4) is 17.2 Å². The fraction of sp³-hybridized carbons (Fsp3) is 0.344. The lowest BCUT2D eigenvalue weighted by Crippen LogP contribution is -2.39. The smallest absolute Gasteiger partial charge is 0.252 e. The number of ether oxygens (including phenoxy) is 3. The number of methoxy groups -OCH3 is 2. The van der Waals surface area contributed by atoms with Crippen LogP contribution in [0.3, 0.4) is 0 Å². The number of amides is 2. The first-order chi connectivity index (χ1) is 19.9. The first-order valence-electron chi connectivity index (χ1n) is 13.8. The zero-order valence-electron chi connectivity index (χ0n) is 23.8. The van der Waals surface area contributed by atoms with Crippen LogP contribution in [0.5, 0.6) is 17.2 Å². The molecule has 0 saturated carbocycles. The normalized spacial score (nSPS) is 14.8. The molecule has 3 aromatic rings. The molecule has 9 heteroatoms. The zero-order valence-corrected chi connectivity index (χ0v) is 24.6. The van der Waals surface area contributed by atoms with Gasteiger partial charge >= 0.3 is 0 Å². The standard InChI is InChI=1S/C32H37N3O5S/c1-4-20-40-26-13-11-25(12-14-26)33-30(36)22-27-31(37)35(19-16-23-8-6-5-7-9-23)32(41)34(27)18-17-24-10-15-28(38-2)29(21-24)39-3/h5-15,21,27H,4,16-20,22H2,1-3H3,(H,33,36). The fourth-order valence-corrected chi connectivity index (χ4v) is 5.16. The van der Waals surface area contributed by atoms with Crippen molar-refractivity contribution in [3.63, 3.8) is 0 Å². The topological polar surface area (TPSA) is 80.3 Å². The van der Waals surface area contributed by atoms with Gasteiger partial charge in [-0.25, -0.2) is 0 Å². The molecule has 0 bridgehead atoms. The molecule has 1 fully saturated rings. The molecular weight excluding hydrogens is 538 g/mol. The summed E-state index contributed by atoms with van der Waals surface area (Å²) in [5.41, 5.74) is 2.77. The van der Waals surface area contributed by atoms with E-state index in [0.717, 1.165) is 23.3 Å². The van der Waals surface area contributed by atoms with E-state index in [4.69, 9.17) is 26.4 Å². The lowest BCUT2D eigenvalue weighted by atomic mass is 10.1. The quantitative estimate of drug-likeness (QED) is 0.268. The monoisotopic (exact) mass is 575 g/mol. The van der Waals surface area contributed by atoms with Crippen LogP contribution in [0.4, 0.5) is 5.69 Å². The Morgan fingerprint density at radius 3 is 2.29 bits per heavy atom. The third-order valence-corrected chi connectivity index (χ3v) is 7.40. The summed E-state index contributed by atoms with van der Waals surface area (Å²) in [6.45, 7) is 3.61. The van der Waals surface area contributed by atoms with Gasteiger partial charge in [-0.1, -0.05) is 43.3 Å². The molecule has 4 rings (SSSR count). The zero-order chi connectivity index (χ0) is 29.2. The van der Waals surface area contributed by atoms with Gasteiger partial charge in [0.2, 0.25) is 5.91 Å². The molecule has 8 nitrogen and oxygen atoms in total. The predicted octanol–water partition coefficient (Wildman–Crippen LogP) is 5.10. The summed E-state index contributed by atoms with van der Waals surface area (Å²) in [4.78, 5) is 30.3. The number of nitrogens with one attached hydrogen (secondary N) is 1. The van der Waals surface area contributed by atoms with Crippen molar-refractivity contribution in [3.05, 3.63) is 83.9 Å². The van der Waals surface area contributed by atoms with Crippen LogP contribution in [-0.4, -0.2) is 66.7 Å². The lowest BCUT2D eigenvalue weighted by molar-refractivity contribution is -0.130. The molecule has 1 aliphatic rings. The molecule has 0 radical (unpaired) electrons. The summed E-state index contributed by atoms with van der Waals surface area (Å²) >= 11 is 5.81. The minimum Gasteiger partial charge on any atom is -0.494 e. The average Bonchev–Trinajstić information content (AvgIpc) is 3.22. The predicted molar refractivity (Wildman–Crippen MR) is 164 cm³/mol. The fourth-order valence-electron chi connectivity index (χ4n) is 4.76. The van der Waals surface area contributed by atoms with Crippen LogP contribution in [0.1, 0.15) is 30.9 Å². The van der Waals surface area contributed by atoms with Gasteiger partial charge in [0.15, 0.2) is 16.6 Å². The van der Waals surface area contributed by atoms with E-state index >= 15 is 0 Å². The Bertz CT molecular complexity index is 1330. The summed E-state index contributed by atoms with van der Waals surface area (Å²) in [6.07, 6.45) is 2.18. The van der Waals surface area contributed by atoms with Crippen LogP contribution in [0.15, 0.2) is 72.8 Å². The molecule has 1 atom stereocenters. The van der Waals surface area contributed by atoms with Crippen LogP contribution in [-0.2, 0) is 22.4 Å². The maximum atomic E-state index is 13.6. The second kappa shape index (κ2) is 14.5. The third kappa shape index (κ3) is 7.76. The van der Waals surface area contributed by atoms with Gasteiger partial charge in [0, 0.05) is 18.8 Å². The minimum absolute atomic E-state index is 0.0131. The van der Waals surface area contributed by atoms with Crippen LogP contribution >= 0.6 is 12.2 Å². The minimum atomic E-state index is -0.689.